The largest absolute Gasteiger partial charge is 0.355 e. The zero-order valence-corrected chi connectivity index (χ0v) is 13.5. The highest BCUT2D eigenvalue weighted by atomic mass is 32.2. The number of carbonyl (C=O) groups excluding carboxylic acids is 2. The molecule has 6 nitrogen and oxygen atoms in total. The van der Waals surface area contributed by atoms with E-state index < -0.39 is 0 Å². The molecule has 2 rings (SSSR count). The molecule has 0 aliphatic heterocycles. The third kappa shape index (κ3) is 2.92. The number of nitrogens with one attached hydrogen (secondary N) is 1. The Kier molecular flexibility index (Phi) is 4.32. The van der Waals surface area contributed by atoms with Crippen LogP contribution in [0.5, 0.6) is 0 Å². The molecule has 112 valence electrons. The maximum atomic E-state index is 12.6. The molecule has 0 saturated carbocycles. The summed E-state index contributed by atoms with van der Waals surface area (Å²) in [7, 11) is 1.83. The normalized spacial score (nSPS) is 12.4. The van der Waals surface area contributed by atoms with Crippen LogP contribution < -0.4 is 0 Å². The predicted molar refractivity (Wildman–Crippen MR) is 80.9 cm³/mol. The smallest absolute Gasteiger partial charge is 0.192 e. The standard InChI is InChI=1S/C14H18N4O2S/c1-7-11(9(3)19)8(2)16-12(7)13(20)10(4)21-14-17-15-6-18(14)5/h6,10,16H,1-5H3. The zero-order valence-electron chi connectivity index (χ0n) is 12.7. The molecule has 2 aromatic rings. The maximum absolute atomic E-state index is 12.6. The van der Waals surface area contributed by atoms with Crippen molar-refractivity contribution in [3.8, 4) is 0 Å². The molecule has 2 heterocycles. The molecule has 2 aromatic heterocycles. The average molecular weight is 306 g/mol. The third-order valence-corrected chi connectivity index (χ3v) is 4.51. The number of aromatic amines is 1. The predicted octanol–water partition coefficient (Wildman–Crippen LogP) is 2.33. The van der Waals surface area contributed by atoms with E-state index in [9.17, 15) is 9.59 Å². The fourth-order valence-electron chi connectivity index (χ4n) is 2.32. The minimum atomic E-state index is -0.315. The first-order valence-corrected chi connectivity index (χ1v) is 7.45. The van der Waals surface area contributed by atoms with Gasteiger partial charge in [0.1, 0.15) is 6.33 Å². The maximum Gasteiger partial charge on any atom is 0.192 e. The summed E-state index contributed by atoms with van der Waals surface area (Å²) in [5.74, 6) is -0.0787. The van der Waals surface area contributed by atoms with Crippen LogP contribution in [0, 0.1) is 13.8 Å². The number of ketones is 2. The van der Waals surface area contributed by atoms with Gasteiger partial charge in [0.25, 0.3) is 0 Å². The summed E-state index contributed by atoms with van der Waals surface area (Å²) in [5, 5.41) is 8.13. The molecule has 1 unspecified atom stereocenters. The Hall–Kier alpha value is -1.89. The molecule has 0 spiro atoms. The number of rotatable bonds is 5. The fourth-order valence-corrected chi connectivity index (χ4v) is 3.17. The Labute approximate surface area is 127 Å². The van der Waals surface area contributed by atoms with E-state index in [2.05, 4.69) is 15.2 Å². The van der Waals surface area contributed by atoms with Gasteiger partial charge in [0.05, 0.1) is 10.9 Å². The molecule has 0 bridgehead atoms. The van der Waals surface area contributed by atoms with E-state index in [4.69, 9.17) is 0 Å². The lowest BCUT2D eigenvalue weighted by molar-refractivity contribution is 0.0988. The molecule has 1 N–H and O–H groups in total. The van der Waals surface area contributed by atoms with Gasteiger partial charge in [-0.15, -0.1) is 10.2 Å². The third-order valence-electron chi connectivity index (χ3n) is 3.36. The molecule has 1 atom stereocenters. The van der Waals surface area contributed by atoms with E-state index in [1.54, 1.807) is 24.7 Å². The second-order valence-corrected chi connectivity index (χ2v) is 6.34. The Bertz CT molecular complexity index is 702. The molecule has 0 aliphatic rings. The summed E-state index contributed by atoms with van der Waals surface area (Å²) in [6.45, 7) is 6.94. The van der Waals surface area contributed by atoms with Crippen LogP contribution in [0.1, 0.15) is 46.0 Å². The van der Waals surface area contributed by atoms with Crippen molar-refractivity contribution in [1.82, 2.24) is 19.7 Å². The number of hydrogen-bond donors (Lipinski definition) is 1. The summed E-state index contributed by atoms with van der Waals surface area (Å²) in [4.78, 5) is 27.2. The first kappa shape index (κ1) is 15.5. The van der Waals surface area contributed by atoms with Crippen molar-refractivity contribution >= 4 is 23.3 Å². The molecule has 0 saturated heterocycles. The number of aromatic nitrogens is 4. The van der Waals surface area contributed by atoms with Crippen LogP contribution in [-0.2, 0) is 7.05 Å². The number of aryl methyl sites for hydroxylation is 2. The highest BCUT2D eigenvalue weighted by Gasteiger charge is 2.25. The molecular weight excluding hydrogens is 288 g/mol. The monoisotopic (exact) mass is 306 g/mol. The topological polar surface area (TPSA) is 80.6 Å². The van der Waals surface area contributed by atoms with Crippen LogP contribution in [0.2, 0.25) is 0 Å². The Morgan fingerprint density at radius 1 is 1.38 bits per heavy atom. The van der Waals surface area contributed by atoms with Gasteiger partial charge in [0.15, 0.2) is 16.7 Å². The Balaban J connectivity index is 2.26. The van der Waals surface area contributed by atoms with Crippen LogP contribution in [-0.4, -0.2) is 36.6 Å². The molecule has 0 radical (unpaired) electrons. The van der Waals surface area contributed by atoms with Gasteiger partial charge >= 0.3 is 0 Å². The van der Waals surface area contributed by atoms with Crippen LogP contribution in [0.25, 0.3) is 0 Å². The van der Waals surface area contributed by atoms with Crippen LogP contribution >= 0.6 is 11.8 Å². The summed E-state index contributed by atoms with van der Waals surface area (Å²) in [6.07, 6.45) is 1.59. The van der Waals surface area contributed by atoms with Crippen molar-refractivity contribution in [2.75, 3.05) is 0 Å². The van der Waals surface area contributed by atoms with Crippen molar-refractivity contribution in [3.63, 3.8) is 0 Å². The van der Waals surface area contributed by atoms with Crippen LogP contribution in [0.4, 0.5) is 0 Å². The van der Waals surface area contributed by atoms with Gasteiger partial charge < -0.3 is 9.55 Å². The van der Waals surface area contributed by atoms with Gasteiger partial charge in [-0.05, 0) is 33.3 Å². The summed E-state index contributed by atoms with van der Waals surface area (Å²) >= 11 is 1.35. The second-order valence-electron chi connectivity index (χ2n) is 5.03. The number of hydrogen-bond acceptors (Lipinski definition) is 5. The van der Waals surface area contributed by atoms with E-state index in [0.717, 1.165) is 11.3 Å². The molecule has 0 aliphatic carbocycles. The lowest BCUT2D eigenvalue weighted by Gasteiger charge is -2.09. The molecule has 0 aromatic carbocycles. The average Bonchev–Trinajstić information content (AvgIpc) is 2.92. The van der Waals surface area contributed by atoms with Crippen LogP contribution in [0.15, 0.2) is 11.5 Å². The van der Waals surface area contributed by atoms with Crippen molar-refractivity contribution in [3.05, 3.63) is 28.8 Å². The number of nitrogens with zero attached hydrogens (tertiary/aromatic N) is 3. The minimum absolute atomic E-state index is 0.0334. The van der Waals surface area contributed by atoms with Crippen molar-refractivity contribution < 1.29 is 9.59 Å². The highest BCUT2D eigenvalue weighted by Crippen LogP contribution is 2.26. The number of H-pyrrole nitrogens is 1. The van der Waals surface area contributed by atoms with E-state index in [1.807, 2.05) is 14.0 Å². The van der Waals surface area contributed by atoms with E-state index in [-0.39, 0.29) is 16.8 Å². The Morgan fingerprint density at radius 3 is 2.52 bits per heavy atom. The molecular formula is C14H18N4O2S. The SMILES string of the molecule is CC(=O)c1c(C)[nH]c(C(=O)C(C)Sc2nncn2C)c1C. The second kappa shape index (κ2) is 5.85. The first-order valence-electron chi connectivity index (χ1n) is 6.57. The van der Waals surface area contributed by atoms with Gasteiger partial charge in [0.2, 0.25) is 0 Å². The van der Waals surface area contributed by atoms with Gasteiger partial charge in [0, 0.05) is 18.3 Å². The van der Waals surface area contributed by atoms with E-state index in [1.165, 1.54) is 18.7 Å². The van der Waals surface area contributed by atoms with Gasteiger partial charge in [-0.25, -0.2) is 0 Å². The summed E-state index contributed by atoms with van der Waals surface area (Å²) in [6, 6.07) is 0. The zero-order chi connectivity index (χ0) is 15.7. The molecule has 7 heteroatoms. The lowest BCUT2D eigenvalue weighted by Crippen LogP contribution is -2.16. The minimum Gasteiger partial charge on any atom is -0.355 e. The highest BCUT2D eigenvalue weighted by molar-refractivity contribution is 8.00. The number of Topliss-reactive ketones (excluding diaryl/α,β-unsaturated/α-hetero) is 2. The molecule has 0 fully saturated rings. The van der Waals surface area contributed by atoms with Crippen molar-refractivity contribution in [1.29, 1.82) is 0 Å². The van der Waals surface area contributed by atoms with E-state index in [0.29, 0.717) is 16.4 Å². The van der Waals surface area contributed by atoms with E-state index >= 15 is 0 Å². The summed E-state index contributed by atoms with van der Waals surface area (Å²) < 4.78 is 1.77. The fraction of sp³-hybridized carbons (Fsp3) is 0.429. The van der Waals surface area contributed by atoms with Crippen LogP contribution in [0.3, 0.4) is 0 Å². The van der Waals surface area contributed by atoms with Crippen molar-refractivity contribution in [2.24, 2.45) is 7.05 Å². The molecule has 21 heavy (non-hydrogen) atoms. The first-order chi connectivity index (χ1) is 9.82. The number of carbonyl (C=O) groups is 2. The number of thioether (sulfide) groups is 1. The molecule has 0 amide bonds. The van der Waals surface area contributed by atoms with Crippen molar-refractivity contribution in [2.45, 2.75) is 38.1 Å². The Morgan fingerprint density at radius 2 is 2.05 bits per heavy atom. The quantitative estimate of drug-likeness (QED) is 0.677. The van der Waals surface area contributed by atoms with Gasteiger partial charge in [-0.2, -0.15) is 0 Å². The lowest BCUT2D eigenvalue weighted by atomic mass is 10.0. The van der Waals surface area contributed by atoms with Gasteiger partial charge in [-0.1, -0.05) is 11.8 Å². The summed E-state index contributed by atoms with van der Waals surface area (Å²) in [5.41, 5.74) is 2.56. The van der Waals surface area contributed by atoms with Gasteiger partial charge in [-0.3, -0.25) is 9.59 Å².